The Hall–Kier alpha value is -1.87. The molecule has 0 rings (SSSR count). The van der Waals surface area contributed by atoms with Gasteiger partial charge in [-0.2, -0.15) is 0 Å². The molecule has 0 aliphatic carbocycles. The highest BCUT2D eigenvalue weighted by Gasteiger charge is 2.20. The Morgan fingerprint density at radius 3 is 1.37 bits per heavy atom. The molecule has 60 heavy (non-hydrogen) atoms. The van der Waals surface area contributed by atoms with Crippen molar-refractivity contribution >= 4 is 18.1 Å². The molecule has 0 radical (unpaired) electrons. The second-order valence-electron chi connectivity index (χ2n) is 17.5. The van der Waals surface area contributed by atoms with Gasteiger partial charge < -0.3 is 28.7 Å². The number of unbranched alkanes of at least 4 members (excludes halogenated alkanes) is 18. The molecular weight excluding hydrogens is 753 g/mol. The average molecular weight is 853 g/mol. The molecule has 0 bridgehead atoms. The van der Waals surface area contributed by atoms with Gasteiger partial charge in [0.25, 0.3) is 0 Å². The summed E-state index contributed by atoms with van der Waals surface area (Å²) in [6.45, 7) is 20.4. The van der Waals surface area contributed by atoms with Crippen LogP contribution in [-0.4, -0.2) is 93.1 Å². The van der Waals surface area contributed by atoms with Crippen LogP contribution in [0.2, 0.25) is 0 Å². The molecule has 356 valence electrons. The SMILES string of the molecule is CCCCCCCCC(CCCCCCCC)C(=O)OCCCN(CCCOC(=O)OC(CCCCCC)CCCCC(=O)OCCCCCCC)CCCN(CC)CC. The highest BCUT2D eigenvalue weighted by Crippen LogP contribution is 2.21. The summed E-state index contributed by atoms with van der Waals surface area (Å²) in [4.78, 5) is 43.3. The Balaban J connectivity index is 4.94. The molecule has 0 heterocycles. The van der Waals surface area contributed by atoms with E-state index in [1.165, 1.54) is 89.9 Å². The molecule has 9 nitrogen and oxygen atoms in total. The molecule has 0 aromatic rings. The van der Waals surface area contributed by atoms with Gasteiger partial charge in [0.15, 0.2) is 0 Å². The third-order valence-electron chi connectivity index (χ3n) is 12.0. The largest absolute Gasteiger partial charge is 0.508 e. The van der Waals surface area contributed by atoms with E-state index >= 15 is 0 Å². The minimum atomic E-state index is -0.588. The van der Waals surface area contributed by atoms with Crippen molar-refractivity contribution in [3.05, 3.63) is 0 Å². The third kappa shape index (κ3) is 37.9. The Morgan fingerprint density at radius 2 is 0.817 bits per heavy atom. The summed E-state index contributed by atoms with van der Waals surface area (Å²) in [6, 6.07) is 0. The number of carbonyl (C=O) groups is 3. The van der Waals surface area contributed by atoms with Crippen LogP contribution in [0.5, 0.6) is 0 Å². The lowest BCUT2D eigenvalue weighted by Crippen LogP contribution is -2.32. The van der Waals surface area contributed by atoms with Crippen molar-refractivity contribution in [2.75, 3.05) is 59.1 Å². The van der Waals surface area contributed by atoms with Crippen molar-refractivity contribution < 1.29 is 33.3 Å². The standard InChI is InChI=1S/C51H100N2O7/c1-7-13-17-21-23-26-35-47(36-27-24-22-18-14-8-2)50(55)58-45-33-42-53(41-32-40-52(11-5)12-6)43-34-46-59-51(56)60-48(37-28-20-16-10-4)38-29-30-39-49(54)57-44-31-25-19-15-9-3/h47-48H,7-46H2,1-6H3. The summed E-state index contributed by atoms with van der Waals surface area (Å²) >= 11 is 0. The van der Waals surface area contributed by atoms with Gasteiger partial charge in [0.05, 0.1) is 25.7 Å². The van der Waals surface area contributed by atoms with E-state index in [1.54, 1.807) is 0 Å². The van der Waals surface area contributed by atoms with Gasteiger partial charge in [0, 0.05) is 19.5 Å². The molecule has 0 aromatic heterocycles. The first kappa shape index (κ1) is 58.1. The molecule has 0 N–H and O–H groups in total. The quantitative estimate of drug-likeness (QED) is 0.0337. The van der Waals surface area contributed by atoms with Crippen LogP contribution >= 0.6 is 0 Å². The first-order chi connectivity index (χ1) is 29.3. The molecule has 9 heteroatoms. The maximum atomic E-state index is 13.3. The predicted octanol–water partition coefficient (Wildman–Crippen LogP) is 14.0. The van der Waals surface area contributed by atoms with Gasteiger partial charge >= 0.3 is 18.1 Å². The number of nitrogens with zero attached hydrogens (tertiary/aromatic N) is 2. The van der Waals surface area contributed by atoms with Crippen LogP contribution in [0.3, 0.4) is 0 Å². The summed E-state index contributed by atoms with van der Waals surface area (Å²) in [7, 11) is 0. The van der Waals surface area contributed by atoms with Gasteiger partial charge in [0.2, 0.25) is 0 Å². The molecule has 0 saturated carbocycles. The van der Waals surface area contributed by atoms with Crippen LogP contribution in [0.15, 0.2) is 0 Å². The molecule has 0 amide bonds. The molecule has 0 aliphatic rings. The number of hydrogen-bond acceptors (Lipinski definition) is 9. The van der Waals surface area contributed by atoms with Gasteiger partial charge in [-0.15, -0.1) is 0 Å². The van der Waals surface area contributed by atoms with E-state index in [1.807, 2.05) is 0 Å². The number of esters is 2. The fraction of sp³-hybridized carbons (Fsp3) is 0.941. The molecule has 1 atom stereocenters. The van der Waals surface area contributed by atoms with Crippen molar-refractivity contribution in [2.45, 2.75) is 247 Å². The molecule has 0 aliphatic heterocycles. The monoisotopic (exact) mass is 853 g/mol. The van der Waals surface area contributed by atoms with Crippen LogP contribution in [-0.2, 0) is 28.5 Å². The summed E-state index contributed by atoms with van der Waals surface area (Å²) in [5.74, 6) is -0.0923. The van der Waals surface area contributed by atoms with Gasteiger partial charge in [-0.25, -0.2) is 4.79 Å². The van der Waals surface area contributed by atoms with Crippen molar-refractivity contribution in [1.29, 1.82) is 0 Å². The van der Waals surface area contributed by atoms with Crippen LogP contribution in [0, 0.1) is 5.92 Å². The number of hydrogen-bond donors (Lipinski definition) is 0. The summed E-state index contributed by atoms with van der Waals surface area (Å²) in [5, 5.41) is 0. The Kier molecular flexibility index (Phi) is 43.8. The van der Waals surface area contributed by atoms with Crippen molar-refractivity contribution in [2.24, 2.45) is 5.92 Å². The van der Waals surface area contributed by atoms with Gasteiger partial charge in [0.1, 0.15) is 6.10 Å². The lowest BCUT2D eigenvalue weighted by Gasteiger charge is -2.25. The Morgan fingerprint density at radius 1 is 0.400 bits per heavy atom. The van der Waals surface area contributed by atoms with Crippen molar-refractivity contribution in [3.63, 3.8) is 0 Å². The Bertz CT molecular complexity index is 930. The molecule has 0 aromatic carbocycles. The summed E-state index contributed by atoms with van der Waals surface area (Å²) < 4.78 is 22.8. The van der Waals surface area contributed by atoms with Crippen LogP contribution in [0.1, 0.15) is 241 Å². The first-order valence-electron chi connectivity index (χ1n) is 25.9. The number of carbonyl (C=O) groups excluding carboxylic acids is 3. The predicted molar refractivity (Wildman–Crippen MR) is 252 cm³/mol. The zero-order valence-electron chi connectivity index (χ0n) is 40.7. The fourth-order valence-corrected chi connectivity index (χ4v) is 7.97. The third-order valence-corrected chi connectivity index (χ3v) is 12.0. The zero-order chi connectivity index (χ0) is 44.2. The molecule has 1 unspecified atom stereocenters. The smallest absolute Gasteiger partial charge is 0.466 e. The zero-order valence-corrected chi connectivity index (χ0v) is 40.7. The molecule has 0 saturated heterocycles. The van der Waals surface area contributed by atoms with E-state index in [-0.39, 0.29) is 24.0 Å². The van der Waals surface area contributed by atoms with E-state index in [0.29, 0.717) is 26.2 Å². The minimum Gasteiger partial charge on any atom is -0.466 e. The maximum absolute atomic E-state index is 13.3. The van der Waals surface area contributed by atoms with E-state index in [0.717, 1.165) is 142 Å². The summed E-state index contributed by atoms with van der Waals surface area (Å²) in [6.07, 6.45) is 32.3. The lowest BCUT2D eigenvalue weighted by molar-refractivity contribution is -0.149. The highest BCUT2D eigenvalue weighted by atomic mass is 16.7. The van der Waals surface area contributed by atoms with E-state index in [4.69, 9.17) is 18.9 Å². The number of rotatable bonds is 46. The van der Waals surface area contributed by atoms with Gasteiger partial charge in [-0.3, -0.25) is 9.59 Å². The van der Waals surface area contributed by atoms with E-state index in [2.05, 4.69) is 51.3 Å². The Labute approximate surface area is 371 Å². The maximum Gasteiger partial charge on any atom is 0.508 e. The topological polar surface area (TPSA) is 94.6 Å². The highest BCUT2D eigenvalue weighted by molar-refractivity contribution is 5.72. The molecular formula is C51H100N2O7. The second kappa shape index (κ2) is 45.2. The van der Waals surface area contributed by atoms with E-state index < -0.39 is 6.16 Å². The van der Waals surface area contributed by atoms with Gasteiger partial charge in [-0.1, -0.05) is 164 Å². The van der Waals surface area contributed by atoms with Crippen LogP contribution in [0.25, 0.3) is 0 Å². The summed E-state index contributed by atoms with van der Waals surface area (Å²) in [5.41, 5.74) is 0. The minimum absolute atomic E-state index is 0.00628. The van der Waals surface area contributed by atoms with Crippen LogP contribution < -0.4 is 0 Å². The normalized spacial score (nSPS) is 12.1. The van der Waals surface area contributed by atoms with E-state index in [9.17, 15) is 14.4 Å². The molecule has 0 spiro atoms. The second-order valence-corrected chi connectivity index (χ2v) is 17.5. The average Bonchev–Trinajstić information content (AvgIpc) is 3.25. The first-order valence-corrected chi connectivity index (χ1v) is 25.9. The van der Waals surface area contributed by atoms with Gasteiger partial charge in [-0.05, 0) is 96.8 Å². The number of ether oxygens (including phenoxy) is 4. The molecule has 0 fully saturated rings. The van der Waals surface area contributed by atoms with Crippen LogP contribution in [0.4, 0.5) is 4.79 Å². The van der Waals surface area contributed by atoms with Crippen molar-refractivity contribution in [1.82, 2.24) is 9.80 Å². The fourth-order valence-electron chi connectivity index (χ4n) is 7.97. The lowest BCUT2D eigenvalue weighted by atomic mass is 9.94. The van der Waals surface area contributed by atoms with Crippen molar-refractivity contribution in [3.8, 4) is 0 Å².